The van der Waals surface area contributed by atoms with Gasteiger partial charge >= 0.3 is 0 Å². The zero-order chi connectivity index (χ0) is 15.0. The van der Waals surface area contributed by atoms with Gasteiger partial charge in [0.05, 0.1) is 6.54 Å². The molecule has 3 heteroatoms. The third-order valence-electron chi connectivity index (χ3n) is 4.70. The molecule has 1 aliphatic carbocycles. The van der Waals surface area contributed by atoms with Crippen molar-refractivity contribution >= 4 is 30.1 Å². The van der Waals surface area contributed by atoms with E-state index < -0.39 is 0 Å². The van der Waals surface area contributed by atoms with Gasteiger partial charge in [-0.3, -0.25) is 4.79 Å². The number of hydrogen-bond acceptors (Lipinski definition) is 1. The molecule has 21 heavy (non-hydrogen) atoms. The van der Waals surface area contributed by atoms with E-state index in [0.29, 0.717) is 12.5 Å². The summed E-state index contributed by atoms with van der Waals surface area (Å²) < 4.78 is 2.01. The minimum atomic E-state index is 0.148. The number of fused-ring (bicyclic) bond motifs is 1. The molecule has 1 aliphatic rings. The minimum Gasteiger partial charge on any atom is -0.347 e. The Labute approximate surface area is 127 Å². The Bertz CT molecular complexity index is 680. The van der Waals surface area contributed by atoms with Crippen molar-refractivity contribution in [1.82, 2.24) is 4.57 Å². The van der Waals surface area contributed by atoms with Gasteiger partial charge in [-0.05, 0) is 55.4 Å². The van der Waals surface area contributed by atoms with Gasteiger partial charge in [-0.15, -0.1) is 0 Å². The van der Waals surface area contributed by atoms with Crippen LogP contribution < -0.4 is 5.59 Å². The highest BCUT2D eigenvalue weighted by Gasteiger charge is 2.23. The van der Waals surface area contributed by atoms with Crippen molar-refractivity contribution in [2.24, 2.45) is 0 Å². The number of aryl methyl sites for hydroxylation is 1. The second kappa shape index (κ2) is 5.71. The van der Waals surface area contributed by atoms with Gasteiger partial charge in [0, 0.05) is 10.9 Å². The van der Waals surface area contributed by atoms with Crippen LogP contribution in [0.1, 0.15) is 56.1 Å². The number of hydrogen-bond donors (Lipinski definition) is 0. The van der Waals surface area contributed by atoms with E-state index in [1.54, 1.807) is 6.92 Å². The molecule has 1 fully saturated rings. The van der Waals surface area contributed by atoms with Crippen molar-refractivity contribution in [3.63, 3.8) is 0 Å². The molecule has 108 valence electrons. The minimum absolute atomic E-state index is 0.148. The van der Waals surface area contributed by atoms with Gasteiger partial charge in [-0.25, -0.2) is 0 Å². The average molecular weight is 279 g/mol. The van der Waals surface area contributed by atoms with Crippen LogP contribution in [0.3, 0.4) is 0 Å². The van der Waals surface area contributed by atoms with E-state index in [9.17, 15) is 4.79 Å². The molecule has 0 aliphatic heterocycles. The normalized spacial score (nSPS) is 16.5. The largest absolute Gasteiger partial charge is 0.347 e. The smallest absolute Gasteiger partial charge is 0.149 e. The monoisotopic (exact) mass is 279 g/mol. The highest BCUT2D eigenvalue weighted by atomic mass is 16.1. The molecule has 0 atom stereocenters. The lowest BCUT2D eigenvalue weighted by Crippen LogP contribution is -2.25. The quantitative estimate of drug-likeness (QED) is 0.789. The maximum Gasteiger partial charge on any atom is 0.149 e. The van der Waals surface area contributed by atoms with Crippen molar-refractivity contribution in [3.05, 3.63) is 29.3 Å². The van der Waals surface area contributed by atoms with Crippen molar-refractivity contribution in [1.29, 1.82) is 0 Å². The SMILES string of the molecule is [B]c1c(C2CCCCC2)c2ccc(C)cc2n1CC(C)=O. The summed E-state index contributed by atoms with van der Waals surface area (Å²) in [6.07, 6.45) is 6.35. The molecule has 2 aromatic rings. The fraction of sp³-hybridized carbons (Fsp3) is 0.500. The van der Waals surface area contributed by atoms with Crippen LogP contribution in [0.5, 0.6) is 0 Å². The van der Waals surface area contributed by atoms with Crippen LogP contribution in [0, 0.1) is 6.92 Å². The Morgan fingerprint density at radius 1 is 1.29 bits per heavy atom. The molecule has 2 nitrogen and oxygen atoms in total. The Morgan fingerprint density at radius 3 is 2.67 bits per heavy atom. The van der Waals surface area contributed by atoms with Crippen LogP contribution >= 0.6 is 0 Å². The summed E-state index contributed by atoms with van der Waals surface area (Å²) in [6.45, 7) is 4.08. The maximum atomic E-state index is 11.6. The van der Waals surface area contributed by atoms with E-state index in [1.165, 1.54) is 48.6 Å². The predicted octanol–water partition coefficient (Wildman–Crippen LogP) is 3.38. The molecular weight excluding hydrogens is 257 g/mol. The van der Waals surface area contributed by atoms with Crippen LogP contribution in [0.4, 0.5) is 0 Å². The first-order chi connectivity index (χ1) is 10.1. The number of carbonyl (C=O) groups excluding carboxylic acids is 1. The Morgan fingerprint density at radius 2 is 2.00 bits per heavy atom. The first kappa shape index (κ1) is 14.4. The van der Waals surface area contributed by atoms with Gasteiger partial charge in [-0.1, -0.05) is 31.4 Å². The Hall–Kier alpha value is -1.51. The number of carbonyl (C=O) groups is 1. The molecule has 2 radical (unpaired) electrons. The molecule has 0 saturated heterocycles. The van der Waals surface area contributed by atoms with Crippen LogP contribution in [0.25, 0.3) is 10.9 Å². The summed E-state index contributed by atoms with van der Waals surface area (Å²) >= 11 is 0. The van der Waals surface area contributed by atoms with Crippen LogP contribution in [0.2, 0.25) is 0 Å². The molecule has 0 amide bonds. The topological polar surface area (TPSA) is 22.0 Å². The van der Waals surface area contributed by atoms with Crippen molar-refractivity contribution < 1.29 is 4.79 Å². The molecule has 0 N–H and O–H groups in total. The summed E-state index contributed by atoms with van der Waals surface area (Å²) in [5.41, 5.74) is 4.41. The fourth-order valence-corrected chi connectivity index (χ4v) is 3.72. The van der Waals surface area contributed by atoms with Gasteiger partial charge < -0.3 is 4.57 Å². The van der Waals surface area contributed by atoms with Gasteiger partial charge in [0.2, 0.25) is 0 Å². The number of rotatable bonds is 3. The first-order valence-electron chi connectivity index (χ1n) is 7.95. The number of benzene rings is 1. The summed E-state index contributed by atoms with van der Waals surface area (Å²) in [6, 6.07) is 6.48. The van der Waals surface area contributed by atoms with Crippen molar-refractivity contribution in [2.75, 3.05) is 0 Å². The van der Waals surface area contributed by atoms with Gasteiger partial charge in [0.1, 0.15) is 13.6 Å². The Balaban J connectivity index is 2.18. The van der Waals surface area contributed by atoms with Gasteiger partial charge in [0.15, 0.2) is 0 Å². The maximum absolute atomic E-state index is 11.6. The number of ketones is 1. The van der Waals surface area contributed by atoms with Gasteiger partial charge in [0.25, 0.3) is 0 Å². The standard InChI is InChI=1S/C18H22BNO/c1-12-8-9-15-16(10-12)20(11-13(2)21)18(19)17(15)14-6-4-3-5-7-14/h8-10,14H,3-7,11H2,1-2H3. The Kier molecular flexibility index (Phi) is 3.92. The predicted molar refractivity (Wildman–Crippen MR) is 88.6 cm³/mol. The van der Waals surface area contributed by atoms with Crippen LogP contribution in [-0.2, 0) is 11.3 Å². The summed E-state index contributed by atoms with van der Waals surface area (Å²) in [5, 5.41) is 1.24. The number of nitrogens with zero attached hydrogens (tertiary/aromatic N) is 1. The van der Waals surface area contributed by atoms with Crippen LogP contribution in [-0.4, -0.2) is 18.2 Å². The van der Waals surface area contributed by atoms with Gasteiger partial charge in [-0.2, -0.15) is 0 Å². The zero-order valence-electron chi connectivity index (χ0n) is 13.0. The van der Waals surface area contributed by atoms with Crippen molar-refractivity contribution in [2.45, 2.75) is 58.4 Å². The lowest BCUT2D eigenvalue weighted by Gasteiger charge is -2.23. The third kappa shape index (κ3) is 2.66. The van der Waals surface area contributed by atoms with E-state index in [0.717, 1.165) is 11.1 Å². The fourth-order valence-electron chi connectivity index (χ4n) is 3.72. The lowest BCUT2D eigenvalue weighted by molar-refractivity contribution is -0.117. The second-order valence-corrected chi connectivity index (χ2v) is 6.44. The molecular formula is C18H22BNO. The van der Waals surface area contributed by atoms with E-state index in [1.807, 2.05) is 4.57 Å². The molecule has 3 rings (SSSR count). The van der Waals surface area contributed by atoms with Crippen molar-refractivity contribution in [3.8, 4) is 0 Å². The first-order valence-corrected chi connectivity index (χ1v) is 7.95. The summed E-state index contributed by atoms with van der Waals surface area (Å²) in [4.78, 5) is 11.6. The lowest BCUT2D eigenvalue weighted by atomic mass is 9.79. The highest BCUT2D eigenvalue weighted by Crippen LogP contribution is 2.36. The molecule has 0 unspecified atom stereocenters. The molecule has 1 saturated carbocycles. The van der Waals surface area contributed by atoms with E-state index >= 15 is 0 Å². The van der Waals surface area contributed by atoms with E-state index in [2.05, 4.69) is 25.1 Å². The highest BCUT2D eigenvalue weighted by molar-refractivity contribution is 6.34. The molecule has 1 aromatic heterocycles. The van der Waals surface area contributed by atoms with E-state index in [-0.39, 0.29) is 5.78 Å². The van der Waals surface area contributed by atoms with Crippen LogP contribution in [0.15, 0.2) is 18.2 Å². The molecule has 0 bridgehead atoms. The van der Waals surface area contributed by atoms with E-state index in [4.69, 9.17) is 7.85 Å². The zero-order valence-corrected chi connectivity index (χ0v) is 13.0. The third-order valence-corrected chi connectivity index (χ3v) is 4.70. The summed E-state index contributed by atoms with van der Waals surface area (Å²) in [7, 11) is 6.46. The summed E-state index contributed by atoms with van der Waals surface area (Å²) in [5.74, 6) is 0.701. The molecule has 1 aromatic carbocycles. The number of Topliss-reactive ketones (excluding diaryl/α,β-unsaturated/α-hetero) is 1. The molecule has 0 spiro atoms. The number of aromatic nitrogens is 1. The average Bonchev–Trinajstić information content (AvgIpc) is 2.72. The molecule has 1 heterocycles. The second-order valence-electron chi connectivity index (χ2n) is 6.44.